The fourth-order valence-electron chi connectivity index (χ4n) is 4.00. The summed E-state index contributed by atoms with van der Waals surface area (Å²) in [5.41, 5.74) is 0.367. The predicted octanol–water partition coefficient (Wildman–Crippen LogP) is 2.37. The molecule has 1 heterocycles. The zero-order valence-electron chi connectivity index (χ0n) is 16.7. The van der Waals surface area contributed by atoms with Gasteiger partial charge in [0.2, 0.25) is 10.0 Å². The highest BCUT2D eigenvalue weighted by Crippen LogP contribution is 2.29. The van der Waals surface area contributed by atoms with E-state index in [1.165, 1.54) is 36.7 Å². The monoisotopic (exact) mass is 410 g/mol. The van der Waals surface area contributed by atoms with Gasteiger partial charge in [-0.15, -0.1) is 0 Å². The number of rotatable bonds is 6. The van der Waals surface area contributed by atoms with Crippen LogP contribution in [0.4, 0.5) is 0 Å². The summed E-state index contributed by atoms with van der Waals surface area (Å²) in [6.07, 6.45) is 6.01. The lowest BCUT2D eigenvalue weighted by molar-refractivity contribution is 0.0729. The van der Waals surface area contributed by atoms with Crippen molar-refractivity contribution in [2.45, 2.75) is 37.0 Å². The van der Waals surface area contributed by atoms with Crippen molar-refractivity contribution in [1.82, 2.24) is 9.21 Å². The van der Waals surface area contributed by atoms with Gasteiger partial charge in [0.05, 0.1) is 20.3 Å². The van der Waals surface area contributed by atoms with Gasteiger partial charge in [0.1, 0.15) is 10.6 Å². The molecule has 1 saturated carbocycles. The quantitative estimate of drug-likeness (QED) is 0.720. The maximum atomic E-state index is 13.1. The molecule has 1 aromatic rings. The van der Waals surface area contributed by atoms with Crippen LogP contribution in [-0.4, -0.2) is 70.5 Å². The molecule has 1 aliphatic heterocycles. The van der Waals surface area contributed by atoms with Crippen molar-refractivity contribution in [2.24, 2.45) is 5.92 Å². The first-order valence-electron chi connectivity index (χ1n) is 9.95. The predicted molar refractivity (Wildman–Crippen MR) is 106 cm³/mol. The molecule has 1 amide bonds. The maximum absolute atomic E-state index is 13.1. The van der Waals surface area contributed by atoms with Crippen LogP contribution in [0.3, 0.4) is 0 Å². The zero-order chi connectivity index (χ0) is 20.1. The van der Waals surface area contributed by atoms with Crippen LogP contribution in [0.1, 0.15) is 42.5 Å². The van der Waals surface area contributed by atoms with Gasteiger partial charge in [-0.25, -0.2) is 8.42 Å². The van der Waals surface area contributed by atoms with Crippen molar-refractivity contribution in [3.8, 4) is 5.75 Å². The fraction of sp³-hybridized carbons (Fsp3) is 0.650. The Morgan fingerprint density at radius 2 is 1.89 bits per heavy atom. The Hall–Kier alpha value is -1.64. The van der Waals surface area contributed by atoms with Gasteiger partial charge in [-0.1, -0.05) is 19.3 Å². The van der Waals surface area contributed by atoms with E-state index in [0.29, 0.717) is 44.3 Å². The summed E-state index contributed by atoms with van der Waals surface area (Å²) in [5, 5.41) is 0. The van der Waals surface area contributed by atoms with Crippen LogP contribution in [0, 0.1) is 5.92 Å². The first kappa shape index (κ1) is 21.1. The second-order valence-electron chi connectivity index (χ2n) is 7.57. The Labute approximate surface area is 167 Å². The molecule has 0 N–H and O–H groups in total. The number of hydrogen-bond acceptors (Lipinski definition) is 5. The van der Waals surface area contributed by atoms with Crippen LogP contribution in [0.15, 0.2) is 23.1 Å². The van der Waals surface area contributed by atoms with E-state index in [1.807, 2.05) is 0 Å². The van der Waals surface area contributed by atoms with E-state index in [9.17, 15) is 13.2 Å². The first-order valence-corrected chi connectivity index (χ1v) is 11.4. The van der Waals surface area contributed by atoms with Crippen molar-refractivity contribution < 1.29 is 22.7 Å². The van der Waals surface area contributed by atoms with E-state index in [2.05, 4.69) is 0 Å². The first-order chi connectivity index (χ1) is 13.4. The number of ether oxygens (including phenoxy) is 2. The molecule has 0 unspecified atom stereocenters. The van der Waals surface area contributed by atoms with Gasteiger partial charge >= 0.3 is 0 Å². The summed E-state index contributed by atoms with van der Waals surface area (Å²) in [6.45, 7) is 2.03. The van der Waals surface area contributed by atoms with Gasteiger partial charge in [0, 0.05) is 32.2 Å². The molecule has 0 atom stereocenters. The summed E-state index contributed by atoms with van der Waals surface area (Å²) in [6, 6.07) is 4.65. The normalized spacial score (nSPS) is 19.4. The molecule has 28 heavy (non-hydrogen) atoms. The number of amides is 1. The smallest absolute Gasteiger partial charge is 0.253 e. The van der Waals surface area contributed by atoms with E-state index in [1.54, 1.807) is 24.1 Å². The molecule has 1 aromatic carbocycles. The van der Waals surface area contributed by atoms with Crippen molar-refractivity contribution in [3.05, 3.63) is 23.8 Å². The Kier molecular flexibility index (Phi) is 6.95. The lowest BCUT2D eigenvalue weighted by Crippen LogP contribution is -2.40. The Morgan fingerprint density at radius 1 is 1.21 bits per heavy atom. The van der Waals surface area contributed by atoms with Crippen LogP contribution in [0.25, 0.3) is 0 Å². The highest BCUT2D eigenvalue weighted by atomic mass is 32.2. The molecule has 8 heteroatoms. The van der Waals surface area contributed by atoms with Crippen LogP contribution in [-0.2, 0) is 14.8 Å². The van der Waals surface area contributed by atoms with Crippen molar-refractivity contribution >= 4 is 15.9 Å². The molecule has 7 nitrogen and oxygen atoms in total. The highest BCUT2D eigenvalue weighted by molar-refractivity contribution is 7.89. The summed E-state index contributed by atoms with van der Waals surface area (Å²) >= 11 is 0. The van der Waals surface area contributed by atoms with Gasteiger partial charge in [0.25, 0.3) is 5.91 Å². The van der Waals surface area contributed by atoms with Crippen molar-refractivity contribution in [3.63, 3.8) is 0 Å². The average molecular weight is 411 g/mol. The van der Waals surface area contributed by atoms with Crippen molar-refractivity contribution in [2.75, 3.05) is 47.0 Å². The molecule has 0 aromatic heterocycles. The zero-order valence-corrected chi connectivity index (χ0v) is 17.5. The van der Waals surface area contributed by atoms with Crippen molar-refractivity contribution in [1.29, 1.82) is 0 Å². The minimum absolute atomic E-state index is 0.0359. The van der Waals surface area contributed by atoms with Crippen LogP contribution in [0.2, 0.25) is 0 Å². The molecule has 0 bridgehead atoms. The number of carbonyl (C=O) groups is 1. The summed E-state index contributed by atoms with van der Waals surface area (Å²) in [4.78, 5) is 14.7. The number of benzene rings is 1. The number of methoxy groups -OCH3 is 1. The third-order valence-corrected chi connectivity index (χ3v) is 7.52. The second-order valence-corrected chi connectivity index (χ2v) is 9.48. The highest BCUT2D eigenvalue weighted by Gasteiger charge is 2.30. The lowest BCUT2D eigenvalue weighted by Gasteiger charge is -2.28. The van der Waals surface area contributed by atoms with Crippen LogP contribution < -0.4 is 4.74 Å². The average Bonchev–Trinajstić information content (AvgIpc) is 2.74. The Balaban J connectivity index is 1.82. The number of carbonyl (C=O) groups excluding carboxylic acids is 1. The molecule has 1 aliphatic carbocycles. The molecular formula is C20H30N2O5S. The molecule has 0 radical (unpaired) electrons. The molecule has 0 spiro atoms. The van der Waals surface area contributed by atoms with Crippen LogP contribution >= 0.6 is 0 Å². The molecular weight excluding hydrogens is 380 g/mol. The Bertz CT molecular complexity index is 784. The Morgan fingerprint density at radius 3 is 2.54 bits per heavy atom. The molecule has 1 saturated heterocycles. The topological polar surface area (TPSA) is 76.2 Å². The van der Waals surface area contributed by atoms with Gasteiger partial charge in [0.15, 0.2) is 0 Å². The summed E-state index contributed by atoms with van der Waals surface area (Å²) in [7, 11) is -0.532. The summed E-state index contributed by atoms with van der Waals surface area (Å²) in [5.74, 6) is 0.613. The number of sulfonamides is 1. The van der Waals surface area contributed by atoms with Gasteiger partial charge in [-0.05, 0) is 37.0 Å². The third-order valence-electron chi connectivity index (χ3n) is 5.60. The van der Waals surface area contributed by atoms with E-state index < -0.39 is 10.0 Å². The lowest BCUT2D eigenvalue weighted by atomic mass is 9.89. The molecule has 3 rings (SSSR count). The number of hydrogen-bond donors (Lipinski definition) is 0. The number of nitrogens with zero attached hydrogens (tertiary/aromatic N) is 2. The number of morpholine rings is 1. The van der Waals surface area contributed by atoms with E-state index >= 15 is 0 Å². The second kappa shape index (κ2) is 9.24. The maximum Gasteiger partial charge on any atom is 0.253 e. The SMILES string of the molecule is COc1ccc(C(=O)N(C)CC2CCCCC2)cc1S(=O)(=O)N1CCOCC1. The van der Waals surface area contributed by atoms with Gasteiger partial charge in [-0.3, -0.25) is 4.79 Å². The fourth-order valence-corrected chi connectivity index (χ4v) is 5.59. The third kappa shape index (κ3) is 4.67. The minimum Gasteiger partial charge on any atom is -0.495 e. The van der Waals surface area contributed by atoms with E-state index in [4.69, 9.17) is 9.47 Å². The van der Waals surface area contributed by atoms with Gasteiger partial charge in [-0.2, -0.15) is 4.31 Å². The molecule has 156 valence electrons. The molecule has 2 aliphatic rings. The largest absolute Gasteiger partial charge is 0.495 e. The standard InChI is InChI=1S/C20H30N2O5S/c1-21(15-16-6-4-3-5-7-16)20(23)17-8-9-18(26-2)19(14-17)28(24,25)22-10-12-27-13-11-22/h8-9,14,16H,3-7,10-13,15H2,1-2H3. The summed E-state index contributed by atoms with van der Waals surface area (Å²) < 4.78 is 38.1. The van der Waals surface area contributed by atoms with E-state index in [-0.39, 0.29) is 16.6 Å². The van der Waals surface area contributed by atoms with Crippen LogP contribution in [0.5, 0.6) is 5.75 Å². The van der Waals surface area contributed by atoms with E-state index in [0.717, 1.165) is 12.8 Å². The van der Waals surface area contributed by atoms with Gasteiger partial charge < -0.3 is 14.4 Å². The molecule has 2 fully saturated rings. The minimum atomic E-state index is -3.76.